The number of fused-ring (bicyclic) bond motifs is 2. The van der Waals surface area contributed by atoms with E-state index in [4.69, 9.17) is 9.41 Å². The van der Waals surface area contributed by atoms with Crippen LogP contribution in [0.5, 0.6) is 0 Å². The van der Waals surface area contributed by atoms with Crippen LogP contribution in [-0.2, 0) is 11.2 Å². The van der Waals surface area contributed by atoms with E-state index in [1.165, 1.54) is 5.57 Å². The zero-order valence-corrected chi connectivity index (χ0v) is 16.3. The number of hydrogen-bond donors (Lipinski definition) is 0. The molecule has 1 aromatic heterocycles. The third kappa shape index (κ3) is 2.68. The highest BCUT2D eigenvalue weighted by atomic mass is 79.9. The van der Waals surface area contributed by atoms with Gasteiger partial charge in [-0.3, -0.25) is 9.79 Å². The van der Waals surface area contributed by atoms with Gasteiger partial charge in [0.25, 0.3) is 0 Å². The molecule has 0 atom stereocenters. The molecule has 4 nitrogen and oxygen atoms in total. The van der Waals surface area contributed by atoms with Crippen molar-refractivity contribution in [2.45, 2.75) is 63.3 Å². The lowest BCUT2D eigenvalue weighted by Gasteiger charge is -2.37. The first-order chi connectivity index (χ1) is 12.6. The maximum Gasteiger partial charge on any atom is 0.201 e. The van der Waals surface area contributed by atoms with Crippen LogP contribution in [0.3, 0.4) is 0 Å². The van der Waals surface area contributed by atoms with Crippen molar-refractivity contribution < 1.29 is 9.21 Å². The van der Waals surface area contributed by atoms with Crippen LogP contribution in [-0.4, -0.2) is 22.0 Å². The van der Waals surface area contributed by atoms with Crippen molar-refractivity contribution in [1.29, 1.82) is 0 Å². The van der Waals surface area contributed by atoms with Gasteiger partial charge in [0.1, 0.15) is 5.52 Å². The van der Waals surface area contributed by atoms with Gasteiger partial charge in [0.15, 0.2) is 11.4 Å². The minimum absolute atomic E-state index is 0.241. The lowest BCUT2D eigenvalue weighted by molar-refractivity contribution is -0.116. The smallest absolute Gasteiger partial charge is 0.201 e. The number of hydrogen-bond acceptors (Lipinski definition) is 4. The number of Topliss-reactive ketones (excluding diaryl/α,β-unsaturated/α-hetero) is 1. The number of carbonyl (C=O) groups excluding carboxylic acids is 1. The van der Waals surface area contributed by atoms with Crippen molar-refractivity contribution in [1.82, 2.24) is 4.98 Å². The summed E-state index contributed by atoms with van der Waals surface area (Å²) in [4.78, 5) is 22.4. The number of dihydropyridines is 1. The van der Waals surface area contributed by atoms with Gasteiger partial charge in [-0.15, -0.1) is 0 Å². The van der Waals surface area contributed by atoms with Crippen molar-refractivity contribution in [3.8, 4) is 0 Å². The standard InChI is InChI=1S/C21H21BrN2O2/c22-14-6-7-18-16(11-14)23-19(26-18)12-15-10-13-4-3-5-17(25)20(13)21(24-15)8-1-2-9-21/h6-7,11H,1-5,8-10,12H2. The normalized spacial score (nSPS) is 22.2. The van der Waals surface area contributed by atoms with Crippen LogP contribution in [0, 0.1) is 0 Å². The summed E-state index contributed by atoms with van der Waals surface area (Å²) in [5, 5.41) is 0. The lowest BCUT2D eigenvalue weighted by atomic mass is 9.73. The molecule has 0 bridgehead atoms. The Hall–Kier alpha value is -1.75. The molecule has 1 saturated carbocycles. The van der Waals surface area contributed by atoms with Crippen LogP contribution < -0.4 is 0 Å². The van der Waals surface area contributed by atoms with E-state index in [2.05, 4.69) is 20.9 Å². The summed E-state index contributed by atoms with van der Waals surface area (Å²) >= 11 is 3.48. The first-order valence-corrected chi connectivity index (χ1v) is 10.3. The van der Waals surface area contributed by atoms with Gasteiger partial charge in [-0.1, -0.05) is 34.3 Å². The van der Waals surface area contributed by atoms with Crippen LogP contribution in [0.2, 0.25) is 0 Å². The van der Waals surface area contributed by atoms with Crippen molar-refractivity contribution in [3.05, 3.63) is 39.7 Å². The summed E-state index contributed by atoms with van der Waals surface area (Å²) in [6.07, 6.45) is 8.54. The van der Waals surface area contributed by atoms with Crippen LogP contribution in [0.4, 0.5) is 0 Å². The molecular formula is C21H21BrN2O2. The fraction of sp³-hybridized carbons (Fsp3) is 0.476. The predicted octanol–water partition coefficient (Wildman–Crippen LogP) is 5.34. The molecule has 0 amide bonds. The number of halogens is 1. The average molecular weight is 413 g/mol. The Morgan fingerprint density at radius 2 is 2.00 bits per heavy atom. The summed E-state index contributed by atoms with van der Waals surface area (Å²) in [5.74, 6) is 1.07. The molecule has 3 aliphatic rings. The second kappa shape index (κ2) is 6.15. The molecule has 5 rings (SSSR count). The van der Waals surface area contributed by atoms with Gasteiger partial charge < -0.3 is 4.42 Å². The Morgan fingerprint density at radius 1 is 1.15 bits per heavy atom. The molecule has 2 heterocycles. The van der Waals surface area contributed by atoms with Crippen molar-refractivity contribution >= 4 is 38.5 Å². The largest absolute Gasteiger partial charge is 0.440 e. The molecule has 2 aliphatic carbocycles. The first-order valence-electron chi connectivity index (χ1n) is 9.51. The van der Waals surface area contributed by atoms with E-state index >= 15 is 0 Å². The Balaban J connectivity index is 1.50. The van der Waals surface area contributed by atoms with Gasteiger partial charge in [0.2, 0.25) is 5.89 Å². The molecule has 0 radical (unpaired) electrons. The van der Waals surface area contributed by atoms with E-state index in [9.17, 15) is 4.79 Å². The molecule has 1 fully saturated rings. The summed E-state index contributed by atoms with van der Waals surface area (Å²) in [5.41, 5.74) is 4.98. The van der Waals surface area contributed by atoms with Gasteiger partial charge in [-0.2, -0.15) is 0 Å². The number of carbonyl (C=O) groups is 1. The number of benzene rings is 1. The van der Waals surface area contributed by atoms with Gasteiger partial charge in [-0.25, -0.2) is 4.98 Å². The van der Waals surface area contributed by atoms with E-state index in [1.807, 2.05) is 18.2 Å². The minimum atomic E-state index is -0.241. The second-order valence-electron chi connectivity index (χ2n) is 7.75. The maximum absolute atomic E-state index is 12.6. The highest BCUT2D eigenvalue weighted by Gasteiger charge is 2.45. The van der Waals surface area contributed by atoms with Gasteiger partial charge in [0, 0.05) is 28.6 Å². The van der Waals surface area contributed by atoms with E-state index in [0.29, 0.717) is 18.6 Å². The molecule has 5 heteroatoms. The Labute approximate surface area is 160 Å². The molecule has 2 aromatic rings. The van der Waals surface area contributed by atoms with Gasteiger partial charge in [-0.05, 0) is 43.9 Å². The highest BCUT2D eigenvalue weighted by molar-refractivity contribution is 9.10. The molecular weight excluding hydrogens is 392 g/mol. The van der Waals surface area contributed by atoms with E-state index in [-0.39, 0.29) is 5.54 Å². The Kier molecular flexibility index (Phi) is 3.89. The number of aliphatic imine (C=N–C) groups is 1. The molecule has 1 aromatic carbocycles. The molecule has 0 saturated heterocycles. The number of allylic oxidation sites excluding steroid dienone is 1. The summed E-state index contributed by atoms with van der Waals surface area (Å²) in [6, 6.07) is 5.88. The van der Waals surface area contributed by atoms with Crippen LogP contribution in [0.15, 0.2) is 43.2 Å². The number of rotatable bonds is 2. The van der Waals surface area contributed by atoms with Crippen molar-refractivity contribution in [3.63, 3.8) is 0 Å². The number of ketones is 1. The second-order valence-corrected chi connectivity index (χ2v) is 8.66. The number of aromatic nitrogens is 1. The van der Waals surface area contributed by atoms with Crippen LogP contribution >= 0.6 is 15.9 Å². The summed E-state index contributed by atoms with van der Waals surface area (Å²) < 4.78 is 6.94. The van der Waals surface area contributed by atoms with E-state index in [1.54, 1.807) is 0 Å². The van der Waals surface area contributed by atoms with Crippen LogP contribution in [0.1, 0.15) is 57.3 Å². The minimum Gasteiger partial charge on any atom is -0.440 e. The molecule has 26 heavy (non-hydrogen) atoms. The van der Waals surface area contributed by atoms with Crippen LogP contribution in [0.25, 0.3) is 11.1 Å². The monoisotopic (exact) mass is 412 g/mol. The summed E-state index contributed by atoms with van der Waals surface area (Å²) in [7, 11) is 0. The predicted molar refractivity (Wildman–Crippen MR) is 105 cm³/mol. The molecule has 0 N–H and O–H groups in total. The van der Waals surface area contributed by atoms with E-state index < -0.39 is 0 Å². The third-order valence-corrected chi connectivity index (χ3v) is 6.44. The topological polar surface area (TPSA) is 55.5 Å². The average Bonchev–Trinajstić information content (AvgIpc) is 3.21. The Morgan fingerprint density at radius 3 is 2.85 bits per heavy atom. The number of oxazole rings is 1. The summed E-state index contributed by atoms with van der Waals surface area (Å²) in [6.45, 7) is 0. The molecule has 1 spiro atoms. The maximum atomic E-state index is 12.6. The first kappa shape index (κ1) is 16.4. The van der Waals surface area contributed by atoms with Crippen molar-refractivity contribution in [2.75, 3.05) is 0 Å². The van der Waals surface area contributed by atoms with E-state index in [0.717, 1.165) is 77.7 Å². The zero-order valence-electron chi connectivity index (χ0n) is 14.7. The molecule has 0 unspecified atom stereocenters. The SMILES string of the molecule is O=C1CCCC2=C1C1(CCCC1)N=C(Cc1nc3cc(Br)ccc3o1)C2. The lowest BCUT2D eigenvalue weighted by Crippen LogP contribution is -2.38. The fourth-order valence-electron chi connectivity index (χ4n) is 4.94. The molecule has 134 valence electrons. The number of nitrogens with zero attached hydrogens (tertiary/aromatic N) is 2. The van der Waals surface area contributed by atoms with Gasteiger partial charge >= 0.3 is 0 Å². The third-order valence-electron chi connectivity index (χ3n) is 5.95. The fourth-order valence-corrected chi connectivity index (χ4v) is 5.29. The van der Waals surface area contributed by atoms with Gasteiger partial charge in [0.05, 0.1) is 12.0 Å². The van der Waals surface area contributed by atoms with Crippen molar-refractivity contribution in [2.24, 2.45) is 4.99 Å². The quantitative estimate of drug-likeness (QED) is 0.668. The Bertz CT molecular complexity index is 964. The highest BCUT2D eigenvalue weighted by Crippen LogP contribution is 2.47. The zero-order chi connectivity index (χ0) is 17.7. The molecule has 1 aliphatic heterocycles.